The highest BCUT2D eigenvalue weighted by Crippen LogP contribution is 2.25. The summed E-state index contributed by atoms with van der Waals surface area (Å²) in [6.45, 7) is 3.99. The second kappa shape index (κ2) is 7.45. The third-order valence-electron chi connectivity index (χ3n) is 4.77. The zero-order valence-electron chi connectivity index (χ0n) is 14.6. The molecule has 2 heteroatoms. The number of carbonyl (C=O) groups excluding carboxylic acids is 1. The summed E-state index contributed by atoms with van der Waals surface area (Å²) in [5.74, 6) is -0.252. The monoisotopic (exact) mass is 330 g/mol. The van der Waals surface area contributed by atoms with Gasteiger partial charge >= 0.3 is 0 Å². The van der Waals surface area contributed by atoms with E-state index in [2.05, 4.69) is 12.1 Å². The van der Waals surface area contributed by atoms with E-state index in [0.29, 0.717) is 11.1 Å². The van der Waals surface area contributed by atoms with Crippen molar-refractivity contribution in [1.82, 2.24) is 0 Å². The highest BCUT2D eigenvalue weighted by atomic mass is 16.3. The first kappa shape index (κ1) is 17.1. The summed E-state index contributed by atoms with van der Waals surface area (Å²) in [5, 5.41) is 10.4. The molecule has 0 aliphatic rings. The summed E-state index contributed by atoms with van der Waals surface area (Å²) in [4.78, 5) is 12.7. The van der Waals surface area contributed by atoms with Crippen LogP contribution in [0.15, 0.2) is 72.8 Å². The molecule has 0 aliphatic heterocycles. The van der Waals surface area contributed by atoms with E-state index in [4.69, 9.17) is 0 Å². The van der Waals surface area contributed by atoms with E-state index in [1.165, 1.54) is 11.1 Å². The van der Waals surface area contributed by atoms with Crippen LogP contribution in [-0.2, 0) is 6.42 Å². The van der Waals surface area contributed by atoms with Gasteiger partial charge in [-0.05, 0) is 48.1 Å². The average Bonchev–Trinajstić information content (AvgIpc) is 2.66. The van der Waals surface area contributed by atoms with Crippen LogP contribution in [0.5, 0.6) is 0 Å². The van der Waals surface area contributed by atoms with E-state index in [1.54, 1.807) is 12.1 Å². The van der Waals surface area contributed by atoms with Crippen LogP contribution in [0, 0.1) is 13.8 Å². The van der Waals surface area contributed by atoms with Crippen molar-refractivity contribution in [2.24, 2.45) is 0 Å². The van der Waals surface area contributed by atoms with Crippen molar-refractivity contribution in [3.8, 4) is 0 Å². The number of Topliss-reactive ketones (excluding diaryl/α,β-unsaturated/α-hetero) is 1. The molecule has 1 atom stereocenters. The molecular weight excluding hydrogens is 308 g/mol. The Morgan fingerprint density at radius 2 is 1.44 bits per heavy atom. The molecule has 0 aliphatic carbocycles. The fraction of sp³-hybridized carbons (Fsp3) is 0.174. The van der Waals surface area contributed by atoms with Crippen LogP contribution < -0.4 is 0 Å². The summed E-state index contributed by atoms with van der Waals surface area (Å²) in [6, 6.07) is 23.2. The lowest BCUT2D eigenvalue weighted by Gasteiger charge is -2.16. The molecule has 0 heterocycles. The van der Waals surface area contributed by atoms with E-state index < -0.39 is 6.10 Å². The Bertz CT molecular complexity index is 867. The minimum Gasteiger partial charge on any atom is -0.380 e. The molecule has 2 nitrogen and oxygen atoms in total. The smallest absolute Gasteiger partial charge is 0.196 e. The third-order valence-corrected chi connectivity index (χ3v) is 4.77. The second-order valence-corrected chi connectivity index (χ2v) is 6.36. The van der Waals surface area contributed by atoms with Gasteiger partial charge in [0.25, 0.3) is 0 Å². The summed E-state index contributed by atoms with van der Waals surface area (Å²) in [5.41, 5.74) is 5.70. The number of aliphatic hydroxyl groups is 1. The number of aliphatic hydroxyl groups excluding tert-OH is 1. The van der Waals surface area contributed by atoms with Gasteiger partial charge in [-0.25, -0.2) is 0 Å². The molecule has 3 aromatic carbocycles. The summed E-state index contributed by atoms with van der Waals surface area (Å²) >= 11 is 0. The zero-order chi connectivity index (χ0) is 17.8. The number of carbonyl (C=O) groups is 1. The first-order valence-electron chi connectivity index (χ1n) is 8.48. The van der Waals surface area contributed by atoms with Crippen LogP contribution in [0.25, 0.3) is 0 Å². The number of ketones is 1. The van der Waals surface area contributed by atoms with Crippen molar-refractivity contribution in [2.45, 2.75) is 26.4 Å². The van der Waals surface area contributed by atoms with Gasteiger partial charge in [0, 0.05) is 5.56 Å². The quantitative estimate of drug-likeness (QED) is 0.682. The minimum absolute atomic E-state index is 0.252. The zero-order valence-corrected chi connectivity index (χ0v) is 14.6. The number of hydrogen-bond donors (Lipinski definition) is 1. The maximum Gasteiger partial charge on any atom is 0.196 e. The fourth-order valence-corrected chi connectivity index (χ4v) is 3.08. The van der Waals surface area contributed by atoms with Gasteiger partial charge in [-0.2, -0.15) is 0 Å². The summed E-state index contributed by atoms with van der Waals surface area (Å²) in [7, 11) is 0. The van der Waals surface area contributed by atoms with Gasteiger partial charge in [0.1, 0.15) is 6.10 Å². The molecule has 0 saturated heterocycles. The van der Waals surface area contributed by atoms with Crippen LogP contribution >= 0.6 is 0 Å². The van der Waals surface area contributed by atoms with Crippen LogP contribution in [0.2, 0.25) is 0 Å². The van der Waals surface area contributed by atoms with Crippen LogP contribution in [-0.4, -0.2) is 10.9 Å². The molecule has 3 aromatic rings. The Morgan fingerprint density at radius 3 is 2.08 bits per heavy atom. The van der Waals surface area contributed by atoms with Crippen molar-refractivity contribution in [1.29, 1.82) is 0 Å². The first-order chi connectivity index (χ1) is 12.1. The lowest BCUT2D eigenvalue weighted by atomic mass is 9.90. The molecule has 25 heavy (non-hydrogen) atoms. The first-order valence-corrected chi connectivity index (χ1v) is 8.48. The molecule has 1 N–H and O–H groups in total. The molecular formula is C23H22O2. The average molecular weight is 330 g/mol. The van der Waals surface area contributed by atoms with Gasteiger partial charge in [-0.15, -0.1) is 0 Å². The number of hydrogen-bond acceptors (Lipinski definition) is 2. The number of rotatable bonds is 5. The molecule has 0 amide bonds. The number of benzene rings is 3. The molecule has 3 rings (SSSR count). The van der Waals surface area contributed by atoms with Crippen molar-refractivity contribution in [3.05, 3.63) is 106 Å². The van der Waals surface area contributed by atoms with E-state index >= 15 is 0 Å². The van der Waals surface area contributed by atoms with Crippen molar-refractivity contribution in [2.75, 3.05) is 0 Å². The molecule has 0 radical (unpaired) electrons. The predicted molar refractivity (Wildman–Crippen MR) is 101 cm³/mol. The van der Waals surface area contributed by atoms with Crippen LogP contribution in [0.3, 0.4) is 0 Å². The standard InChI is InChI=1S/C23H22O2/c1-16-17(2)21(23(25)22(24)19-11-7-4-8-12-19)14-13-20(16)15-18-9-5-3-6-10-18/h3-14,22,24H,15H2,1-2H3. The Labute approximate surface area is 148 Å². The maximum atomic E-state index is 12.7. The van der Waals surface area contributed by atoms with E-state index in [1.807, 2.05) is 62.4 Å². The molecule has 0 bridgehead atoms. The summed E-state index contributed by atoms with van der Waals surface area (Å²) in [6.07, 6.45) is -0.289. The Balaban J connectivity index is 1.88. The fourth-order valence-electron chi connectivity index (χ4n) is 3.08. The van der Waals surface area contributed by atoms with Crippen LogP contribution in [0.4, 0.5) is 0 Å². The Hall–Kier alpha value is -2.71. The van der Waals surface area contributed by atoms with Crippen molar-refractivity contribution >= 4 is 5.78 Å². The molecule has 0 saturated carbocycles. The maximum absolute atomic E-state index is 12.7. The predicted octanol–water partition coefficient (Wildman–Crippen LogP) is 4.81. The van der Waals surface area contributed by atoms with E-state index in [-0.39, 0.29) is 5.78 Å². The molecule has 126 valence electrons. The van der Waals surface area contributed by atoms with Gasteiger partial charge in [-0.3, -0.25) is 4.79 Å². The highest BCUT2D eigenvalue weighted by Gasteiger charge is 2.21. The van der Waals surface area contributed by atoms with Gasteiger partial charge < -0.3 is 5.11 Å². The largest absolute Gasteiger partial charge is 0.380 e. The lowest BCUT2D eigenvalue weighted by Crippen LogP contribution is -2.14. The Kier molecular flexibility index (Phi) is 5.11. The van der Waals surface area contributed by atoms with Gasteiger partial charge in [0.15, 0.2) is 5.78 Å². The normalized spacial score (nSPS) is 12.0. The molecule has 0 spiro atoms. The van der Waals surface area contributed by atoms with E-state index in [9.17, 15) is 9.90 Å². The van der Waals surface area contributed by atoms with E-state index in [0.717, 1.165) is 17.5 Å². The van der Waals surface area contributed by atoms with Crippen LogP contribution in [0.1, 0.15) is 44.3 Å². The van der Waals surface area contributed by atoms with Gasteiger partial charge in [0.2, 0.25) is 0 Å². The minimum atomic E-state index is -1.13. The Morgan fingerprint density at radius 1 is 0.840 bits per heavy atom. The molecule has 1 unspecified atom stereocenters. The lowest BCUT2D eigenvalue weighted by molar-refractivity contribution is 0.0746. The van der Waals surface area contributed by atoms with Crippen molar-refractivity contribution < 1.29 is 9.90 Å². The van der Waals surface area contributed by atoms with Gasteiger partial charge in [0.05, 0.1) is 0 Å². The third kappa shape index (κ3) is 3.70. The van der Waals surface area contributed by atoms with Crippen molar-refractivity contribution in [3.63, 3.8) is 0 Å². The highest BCUT2D eigenvalue weighted by molar-refractivity contribution is 6.01. The SMILES string of the molecule is Cc1c(Cc2ccccc2)ccc(C(=O)C(O)c2ccccc2)c1C. The second-order valence-electron chi connectivity index (χ2n) is 6.36. The molecule has 0 fully saturated rings. The summed E-state index contributed by atoms with van der Waals surface area (Å²) < 4.78 is 0. The van der Waals surface area contributed by atoms with Gasteiger partial charge in [-0.1, -0.05) is 72.8 Å². The molecule has 0 aromatic heterocycles. The topological polar surface area (TPSA) is 37.3 Å².